The van der Waals surface area contributed by atoms with Gasteiger partial charge in [-0.25, -0.2) is 0 Å². The number of benzene rings is 3. The molecule has 0 saturated carbocycles. The van der Waals surface area contributed by atoms with Crippen LogP contribution >= 0.6 is 0 Å². The number of ether oxygens (including phenoxy) is 1. The molecule has 0 bridgehead atoms. The van der Waals surface area contributed by atoms with Crippen LogP contribution in [-0.4, -0.2) is 45.0 Å². The summed E-state index contributed by atoms with van der Waals surface area (Å²) >= 11 is 0. The summed E-state index contributed by atoms with van der Waals surface area (Å²) in [6.45, 7) is 13.6. The van der Waals surface area contributed by atoms with E-state index in [9.17, 15) is 4.79 Å². The number of nitrogens with zero attached hydrogens (tertiary/aromatic N) is 1. The zero-order valence-electron chi connectivity index (χ0n) is 22.9. The maximum Gasteiger partial charge on any atom is 0.310 e. The van der Waals surface area contributed by atoms with Gasteiger partial charge in [-0.05, 0) is 34.8 Å². The molecule has 3 aromatic rings. The first kappa shape index (κ1) is 27.3. The topological polar surface area (TPSA) is 38.8 Å². The van der Waals surface area contributed by atoms with E-state index in [1.807, 2.05) is 13.0 Å². The van der Waals surface area contributed by atoms with Crippen molar-refractivity contribution in [2.24, 2.45) is 11.8 Å². The lowest BCUT2D eigenvalue weighted by atomic mass is 9.92. The van der Waals surface area contributed by atoms with Crippen LogP contribution in [0, 0.1) is 11.8 Å². The van der Waals surface area contributed by atoms with Gasteiger partial charge < -0.3 is 9.16 Å². The normalized spacial score (nSPS) is 19.5. The molecule has 0 N–H and O–H groups in total. The number of hydrogen-bond acceptors (Lipinski definition) is 4. The lowest BCUT2D eigenvalue weighted by Crippen LogP contribution is -2.68. The summed E-state index contributed by atoms with van der Waals surface area (Å²) in [4.78, 5) is 15.5. The number of esters is 1. The van der Waals surface area contributed by atoms with Crippen molar-refractivity contribution in [3.63, 3.8) is 0 Å². The standard InChI is InChI=1S/C32H41NO3Si/c1-6-35-31(34)30-24-33(22-26-16-10-7-11-17-26)23-29(30)25(2)36-37(32(3,4)5,27-18-12-8-13-19-27)28-20-14-9-15-21-28/h7-21,25,29-30H,6,22-24H2,1-5H3/t25-,29+,30-/m0/s1. The summed E-state index contributed by atoms with van der Waals surface area (Å²) in [5.74, 6) is -0.276. The van der Waals surface area contributed by atoms with Crippen LogP contribution in [0.25, 0.3) is 0 Å². The van der Waals surface area contributed by atoms with Crippen LogP contribution in [0.4, 0.5) is 0 Å². The van der Waals surface area contributed by atoms with Crippen LogP contribution in [0.2, 0.25) is 5.04 Å². The van der Waals surface area contributed by atoms with Crippen LogP contribution in [-0.2, 0) is 20.5 Å². The number of carbonyl (C=O) groups is 1. The average molecular weight is 516 g/mol. The molecule has 4 nitrogen and oxygen atoms in total. The second kappa shape index (κ2) is 11.8. The largest absolute Gasteiger partial charge is 0.466 e. The molecule has 1 fully saturated rings. The Morgan fingerprint density at radius 1 is 0.892 bits per heavy atom. The molecule has 1 aliphatic rings. The van der Waals surface area contributed by atoms with Crippen LogP contribution in [0.5, 0.6) is 0 Å². The maximum absolute atomic E-state index is 13.2. The van der Waals surface area contributed by atoms with Crippen LogP contribution in [0.1, 0.15) is 40.2 Å². The zero-order valence-corrected chi connectivity index (χ0v) is 23.9. The quantitative estimate of drug-likeness (QED) is 0.288. The summed E-state index contributed by atoms with van der Waals surface area (Å²) in [6.07, 6.45) is -0.124. The second-order valence-corrected chi connectivity index (χ2v) is 15.4. The van der Waals surface area contributed by atoms with E-state index in [0.29, 0.717) is 13.2 Å². The fraction of sp³-hybridized carbons (Fsp3) is 0.406. The van der Waals surface area contributed by atoms with Gasteiger partial charge in [0.25, 0.3) is 8.32 Å². The second-order valence-electron chi connectivity index (χ2n) is 11.2. The van der Waals surface area contributed by atoms with E-state index in [1.165, 1.54) is 15.9 Å². The molecule has 0 aliphatic carbocycles. The number of hydrogen-bond donors (Lipinski definition) is 0. The van der Waals surface area contributed by atoms with Crippen molar-refractivity contribution in [1.82, 2.24) is 4.90 Å². The molecule has 4 rings (SSSR count). The molecule has 1 heterocycles. The molecule has 196 valence electrons. The lowest BCUT2D eigenvalue weighted by Gasteiger charge is -2.46. The molecule has 5 heteroatoms. The van der Waals surface area contributed by atoms with Crippen LogP contribution < -0.4 is 10.4 Å². The third-order valence-corrected chi connectivity index (χ3v) is 12.8. The van der Waals surface area contributed by atoms with E-state index in [2.05, 4.69) is 118 Å². The van der Waals surface area contributed by atoms with E-state index in [4.69, 9.17) is 9.16 Å². The molecule has 0 radical (unpaired) electrons. The van der Waals surface area contributed by atoms with Gasteiger partial charge in [0.15, 0.2) is 0 Å². The van der Waals surface area contributed by atoms with E-state index < -0.39 is 8.32 Å². The first-order valence-electron chi connectivity index (χ1n) is 13.5. The van der Waals surface area contributed by atoms with Crippen molar-refractivity contribution < 1.29 is 14.0 Å². The van der Waals surface area contributed by atoms with Crippen LogP contribution in [0.3, 0.4) is 0 Å². The summed E-state index contributed by atoms with van der Waals surface area (Å²) in [6, 6.07) is 31.9. The summed E-state index contributed by atoms with van der Waals surface area (Å²) in [5, 5.41) is 2.39. The number of likely N-dealkylation sites (tertiary alicyclic amines) is 1. The molecular weight excluding hydrogens is 474 g/mol. The van der Waals surface area contributed by atoms with E-state index in [1.54, 1.807) is 0 Å². The van der Waals surface area contributed by atoms with Gasteiger partial charge >= 0.3 is 5.97 Å². The molecule has 0 amide bonds. The maximum atomic E-state index is 13.2. The Kier molecular flexibility index (Phi) is 8.68. The predicted octanol–water partition coefficient (Wildman–Crippen LogP) is 5.26. The fourth-order valence-electron chi connectivity index (χ4n) is 5.92. The van der Waals surface area contributed by atoms with E-state index in [-0.39, 0.29) is 28.9 Å². The SMILES string of the molecule is CCOC(=O)[C@H]1CN(Cc2ccccc2)C[C@@H]1[C@H](C)O[Si](c1ccccc1)(c1ccccc1)C(C)(C)C. The summed E-state index contributed by atoms with van der Waals surface area (Å²) < 4.78 is 13.0. The minimum Gasteiger partial charge on any atom is -0.466 e. The van der Waals surface area contributed by atoms with Crippen molar-refractivity contribution in [1.29, 1.82) is 0 Å². The molecule has 0 unspecified atom stereocenters. The minimum absolute atomic E-state index is 0.0458. The first-order chi connectivity index (χ1) is 17.8. The molecule has 3 aromatic carbocycles. The highest BCUT2D eigenvalue weighted by molar-refractivity contribution is 6.99. The van der Waals surface area contributed by atoms with Gasteiger partial charge in [0.1, 0.15) is 0 Å². The van der Waals surface area contributed by atoms with Crippen molar-refractivity contribution in [2.45, 2.75) is 52.3 Å². The Morgan fingerprint density at radius 2 is 1.41 bits per heavy atom. The van der Waals surface area contributed by atoms with Crippen LogP contribution in [0.15, 0.2) is 91.0 Å². The van der Waals surface area contributed by atoms with Gasteiger partial charge in [0.05, 0.1) is 12.5 Å². The van der Waals surface area contributed by atoms with E-state index >= 15 is 0 Å². The third kappa shape index (κ3) is 5.90. The Labute approximate surface area is 223 Å². The Balaban J connectivity index is 1.70. The highest BCUT2D eigenvalue weighted by Crippen LogP contribution is 2.40. The Morgan fingerprint density at radius 3 is 1.89 bits per heavy atom. The molecule has 0 aromatic heterocycles. The number of carbonyl (C=O) groups excluding carboxylic acids is 1. The minimum atomic E-state index is -2.73. The average Bonchev–Trinajstić information content (AvgIpc) is 3.32. The van der Waals surface area contributed by atoms with Crippen molar-refractivity contribution >= 4 is 24.7 Å². The highest BCUT2D eigenvalue weighted by Gasteiger charge is 2.53. The van der Waals surface area contributed by atoms with E-state index in [0.717, 1.165) is 13.1 Å². The third-order valence-electron chi connectivity index (χ3n) is 7.66. The molecular formula is C32H41NO3Si. The van der Waals surface area contributed by atoms with Crippen molar-refractivity contribution in [2.75, 3.05) is 19.7 Å². The summed E-state index contributed by atoms with van der Waals surface area (Å²) in [7, 11) is -2.73. The van der Waals surface area contributed by atoms with Crippen molar-refractivity contribution in [3.8, 4) is 0 Å². The molecule has 0 spiro atoms. The van der Waals surface area contributed by atoms with Gasteiger partial charge in [-0.2, -0.15) is 0 Å². The Hall–Kier alpha value is -2.73. The number of rotatable bonds is 9. The molecule has 1 saturated heterocycles. The van der Waals surface area contributed by atoms with Gasteiger partial charge in [0.2, 0.25) is 0 Å². The fourth-order valence-corrected chi connectivity index (χ4v) is 10.7. The van der Waals surface area contributed by atoms with Gasteiger partial charge in [-0.1, -0.05) is 112 Å². The van der Waals surface area contributed by atoms with Gasteiger partial charge in [-0.3, -0.25) is 9.69 Å². The highest BCUT2D eigenvalue weighted by atomic mass is 28.4. The monoisotopic (exact) mass is 515 g/mol. The smallest absolute Gasteiger partial charge is 0.310 e. The first-order valence-corrected chi connectivity index (χ1v) is 15.4. The van der Waals surface area contributed by atoms with Gasteiger partial charge in [0, 0.05) is 31.7 Å². The molecule has 1 aliphatic heterocycles. The Bertz CT molecular complexity index is 1090. The van der Waals surface area contributed by atoms with Crippen molar-refractivity contribution in [3.05, 3.63) is 96.6 Å². The zero-order chi connectivity index (χ0) is 26.5. The molecule has 3 atom stereocenters. The summed E-state index contributed by atoms with van der Waals surface area (Å²) in [5.41, 5.74) is 1.26. The van der Waals surface area contributed by atoms with Gasteiger partial charge in [-0.15, -0.1) is 0 Å². The molecule has 37 heavy (non-hydrogen) atoms. The predicted molar refractivity (Wildman–Crippen MR) is 153 cm³/mol. The lowest BCUT2D eigenvalue weighted by molar-refractivity contribution is -0.149.